The van der Waals surface area contributed by atoms with Gasteiger partial charge in [-0.15, -0.1) is 0 Å². The number of alkyl halides is 3. The van der Waals surface area contributed by atoms with E-state index in [-0.39, 0.29) is 0 Å². The second-order valence-electron chi connectivity index (χ2n) is 4.80. The van der Waals surface area contributed by atoms with Crippen LogP contribution in [-0.4, -0.2) is 24.2 Å². The fourth-order valence-electron chi connectivity index (χ4n) is 3.03. The van der Waals surface area contributed by atoms with Crippen molar-refractivity contribution in [3.05, 3.63) is 0 Å². The van der Waals surface area contributed by atoms with Gasteiger partial charge in [-0.3, -0.25) is 0 Å². The second kappa shape index (κ2) is 3.91. The number of hydrogen-bond donors (Lipinski definition) is 1. The molecule has 0 spiro atoms. The Morgan fingerprint density at radius 3 is 1.94 bits per heavy atom. The second-order valence-corrected chi connectivity index (χ2v) is 4.80. The van der Waals surface area contributed by atoms with Crippen LogP contribution in [0.15, 0.2) is 0 Å². The number of carbonyl (C=O) groups excluding carboxylic acids is 1. The summed E-state index contributed by atoms with van der Waals surface area (Å²) in [6.45, 7) is 0. The number of carboxylic acids is 1. The zero-order valence-corrected chi connectivity index (χ0v) is 8.67. The molecule has 2 N–H and O–H groups in total. The van der Waals surface area contributed by atoms with E-state index in [9.17, 15) is 13.2 Å². The van der Waals surface area contributed by atoms with Crippen molar-refractivity contribution in [2.45, 2.75) is 43.9 Å². The highest BCUT2D eigenvalue weighted by Crippen LogP contribution is 2.49. The summed E-state index contributed by atoms with van der Waals surface area (Å²) >= 11 is 0. The Kier molecular flexibility index (Phi) is 2.86. The molecular formula is C10H14F3NO2. The Morgan fingerprint density at radius 1 is 1.19 bits per heavy atom. The zero-order chi connectivity index (χ0) is 11.9. The molecule has 16 heavy (non-hydrogen) atoms. The molecule has 0 aromatic carbocycles. The molecule has 2 aliphatic heterocycles. The summed E-state index contributed by atoms with van der Waals surface area (Å²) in [4.78, 5) is 8.78. The largest absolute Gasteiger partial charge is 0.542 e. The summed E-state index contributed by atoms with van der Waals surface area (Å²) in [6.07, 6.45) is 0.972. The van der Waals surface area contributed by atoms with E-state index in [4.69, 9.17) is 9.90 Å². The molecule has 2 bridgehead atoms. The Bertz CT molecular complexity index is 278. The first kappa shape index (κ1) is 11.7. The summed E-state index contributed by atoms with van der Waals surface area (Å²) < 4.78 is 31.5. The Balaban J connectivity index is 0.000000127. The van der Waals surface area contributed by atoms with Crippen molar-refractivity contribution in [1.29, 1.82) is 0 Å². The predicted molar refractivity (Wildman–Crippen MR) is 46.0 cm³/mol. The number of nitrogens with two attached hydrogens (primary N) is 1. The maximum Gasteiger partial charge on any atom is 0.430 e. The van der Waals surface area contributed by atoms with Crippen LogP contribution in [0.3, 0.4) is 0 Å². The molecule has 2 saturated heterocycles. The van der Waals surface area contributed by atoms with Crippen LogP contribution in [0.5, 0.6) is 0 Å². The van der Waals surface area contributed by atoms with Gasteiger partial charge in [0.25, 0.3) is 0 Å². The first-order valence-electron chi connectivity index (χ1n) is 5.52. The fourth-order valence-corrected chi connectivity index (χ4v) is 3.03. The zero-order valence-electron chi connectivity index (χ0n) is 8.67. The monoisotopic (exact) mass is 237 g/mol. The third kappa shape index (κ3) is 2.31. The average molecular weight is 237 g/mol. The molecule has 6 heteroatoms. The molecule has 1 aliphatic carbocycles. The molecule has 4 unspecified atom stereocenters. The van der Waals surface area contributed by atoms with E-state index in [1.807, 2.05) is 0 Å². The molecule has 92 valence electrons. The molecule has 0 aromatic heterocycles. The smallest absolute Gasteiger partial charge is 0.430 e. The number of carboxylic acid groups (broad SMARTS) is 1. The summed E-state index contributed by atoms with van der Waals surface area (Å²) in [5.74, 6) is -0.650. The molecule has 3 aliphatic rings. The number of rotatable bonds is 0. The molecule has 3 nitrogen and oxygen atoms in total. The van der Waals surface area contributed by atoms with Crippen LogP contribution in [0.4, 0.5) is 13.2 Å². The SMILES string of the molecule is C1CC2[NH2+]C(C1)C1CC21.O=C([O-])C(F)(F)F. The fraction of sp³-hybridized carbons (Fsp3) is 0.900. The van der Waals surface area contributed by atoms with Gasteiger partial charge >= 0.3 is 6.18 Å². The Labute approximate surface area is 91.0 Å². The van der Waals surface area contributed by atoms with Gasteiger partial charge in [-0.05, 0) is 25.7 Å². The Hall–Kier alpha value is -0.780. The van der Waals surface area contributed by atoms with E-state index in [1.165, 1.54) is 31.1 Å². The van der Waals surface area contributed by atoms with Gasteiger partial charge < -0.3 is 15.2 Å². The first-order chi connectivity index (χ1) is 7.39. The first-order valence-corrected chi connectivity index (χ1v) is 5.52. The molecule has 0 amide bonds. The van der Waals surface area contributed by atoms with Crippen molar-refractivity contribution in [3.63, 3.8) is 0 Å². The maximum atomic E-state index is 10.5. The minimum Gasteiger partial charge on any atom is -0.542 e. The number of aliphatic carboxylic acids is 1. The van der Waals surface area contributed by atoms with Gasteiger partial charge in [0, 0.05) is 11.8 Å². The van der Waals surface area contributed by atoms with Crippen LogP contribution in [0.25, 0.3) is 0 Å². The molecule has 3 rings (SSSR count). The minimum absolute atomic E-state index is 1.08. The van der Waals surface area contributed by atoms with E-state index in [2.05, 4.69) is 5.32 Å². The van der Waals surface area contributed by atoms with Crippen LogP contribution in [0, 0.1) is 11.8 Å². The van der Waals surface area contributed by atoms with Gasteiger partial charge in [-0.25, -0.2) is 0 Å². The molecule has 1 saturated carbocycles. The lowest BCUT2D eigenvalue weighted by molar-refractivity contribution is -0.718. The molecule has 0 aromatic rings. The number of fused-ring (bicyclic) bond motifs is 5. The maximum absolute atomic E-state index is 10.5. The predicted octanol–water partition coefficient (Wildman–Crippen LogP) is -0.581. The Morgan fingerprint density at radius 2 is 1.62 bits per heavy atom. The van der Waals surface area contributed by atoms with E-state index >= 15 is 0 Å². The summed E-state index contributed by atoms with van der Waals surface area (Å²) in [5.41, 5.74) is 0. The highest BCUT2D eigenvalue weighted by atomic mass is 19.4. The van der Waals surface area contributed by atoms with Gasteiger partial charge in [-0.1, -0.05) is 0 Å². The van der Waals surface area contributed by atoms with Crippen LogP contribution < -0.4 is 10.4 Å². The normalized spacial score (nSPS) is 39.4. The van der Waals surface area contributed by atoms with Crippen molar-refractivity contribution < 1.29 is 28.4 Å². The van der Waals surface area contributed by atoms with Crippen LogP contribution in [0.1, 0.15) is 25.7 Å². The van der Waals surface area contributed by atoms with Gasteiger partial charge in [0.15, 0.2) is 0 Å². The van der Waals surface area contributed by atoms with Crippen molar-refractivity contribution in [2.24, 2.45) is 11.8 Å². The van der Waals surface area contributed by atoms with Crippen molar-refractivity contribution in [3.8, 4) is 0 Å². The summed E-state index contributed by atoms with van der Waals surface area (Å²) in [7, 11) is 0. The third-order valence-electron chi connectivity index (χ3n) is 3.79. The van der Waals surface area contributed by atoms with Crippen LogP contribution >= 0.6 is 0 Å². The van der Waals surface area contributed by atoms with E-state index in [1.54, 1.807) is 6.42 Å². The molecule has 4 atom stereocenters. The number of piperidine rings is 2. The molecular weight excluding hydrogens is 223 g/mol. The highest BCUT2D eigenvalue weighted by Gasteiger charge is 2.59. The van der Waals surface area contributed by atoms with E-state index < -0.39 is 12.1 Å². The lowest BCUT2D eigenvalue weighted by Gasteiger charge is -2.20. The lowest BCUT2D eigenvalue weighted by atomic mass is 10.0. The quantitative estimate of drug-likeness (QED) is 0.612. The van der Waals surface area contributed by atoms with Gasteiger partial charge in [0.05, 0.1) is 12.1 Å². The standard InChI is InChI=1S/C8H13N.C2HF3O2/c1-2-7-5-4-6(5)8(3-1)9-7;3-2(4,5)1(6)7/h5-9H,1-4H2;(H,6,7). The highest BCUT2D eigenvalue weighted by molar-refractivity contribution is 5.70. The molecule has 3 fully saturated rings. The number of halogens is 3. The van der Waals surface area contributed by atoms with Gasteiger partial charge in [0.2, 0.25) is 0 Å². The summed E-state index contributed by atoms with van der Waals surface area (Å²) in [5, 5.41) is 11.4. The van der Waals surface area contributed by atoms with E-state index in [0.29, 0.717) is 0 Å². The number of hydrogen-bond acceptors (Lipinski definition) is 2. The average Bonchev–Trinajstić information content (AvgIpc) is 2.92. The molecule has 0 radical (unpaired) electrons. The number of quaternary nitrogens is 1. The van der Waals surface area contributed by atoms with Crippen molar-refractivity contribution >= 4 is 5.97 Å². The number of carbonyl (C=O) groups is 1. The van der Waals surface area contributed by atoms with Crippen molar-refractivity contribution in [1.82, 2.24) is 0 Å². The third-order valence-corrected chi connectivity index (χ3v) is 3.79. The van der Waals surface area contributed by atoms with Gasteiger partial charge in [0.1, 0.15) is 5.97 Å². The van der Waals surface area contributed by atoms with Crippen molar-refractivity contribution in [2.75, 3.05) is 0 Å². The van der Waals surface area contributed by atoms with Crippen LogP contribution in [-0.2, 0) is 4.79 Å². The topological polar surface area (TPSA) is 56.7 Å². The lowest BCUT2D eigenvalue weighted by Crippen LogP contribution is -2.94. The minimum atomic E-state index is -5.19. The van der Waals surface area contributed by atoms with Crippen LogP contribution in [0.2, 0.25) is 0 Å². The van der Waals surface area contributed by atoms with E-state index in [0.717, 1.165) is 12.1 Å². The van der Waals surface area contributed by atoms with Gasteiger partial charge in [-0.2, -0.15) is 13.2 Å². The summed E-state index contributed by atoms with van der Waals surface area (Å²) in [6, 6.07) is 2.16. The molecule has 2 heterocycles.